The van der Waals surface area contributed by atoms with Crippen LogP contribution >= 0.6 is 12.2 Å². The minimum absolute atomic E-state index is 0.168. The van der Waals surface area contributed by atoms with Crippen LogP contribution in [0.3, 0.4) is 0 Å². The predicted molar refractivity (Wildman–Crippen MR) is 94.6 cm³/mol. The molecule has 0 aliphatic carbocycles. The maximum Gasteiger partial charge on any atom is 0.279 e. The quantitative estimate of drug-likeness (QED) is 0.732. The molecule has 24 heavy (non-hydrogen) atoms. The zero-order valence-electron chi connectivity index (χ0n) is 12.8. The highest BCUT2D eigenvalue weighted by Gasteiger charge is 2.31. The van der Waals surface area contributed by atoms with E-state index in [2.05, 4.69) is 15.3 Å². The SMILES string of the molecule is CN1C(=O)C(=Nn2c(-c3ccccc3)n[nH]c2=S)c2ccccc21. The summed E-state index contributed by atoms with van der Waals surface area (Å²) in [6, 6.07) is 17.1. The fourth-order valence-electron chi connectivity index (χ4n) is 2.70. The van der Waals surface area contributed by atoms with Crippen molar-refractivity contribution < 1.29 is 4.79 Å². The van der Waals surface area contributed by atoms with Crippen molar-refractivity contribution in [2.75, 3.05) is 11.9 Å². The van der Waals surface area contributed by atoms with Gasteiger partial charge in [0, 0.05) is 18.2 Å². The second kappa shape index (κ2) is 5.54. The maximum absolute atomic E-state index is 12.6. The van der Waals surface area contributed by atoms with E-state index in [-0.39, 0.29) is 5.91 Å². The van der Waals surface area contributed by atoms with E-state index in [1.165, 1.54) is 4.68 Å². The van der Waals surface area contributed by atoms with Gasteiger partial charge in [0.25, 0.3) is 5.91 Å². The summed E-state index contributed by atoms with van der Waals surface area (Å²) in [6.07, 6.45) is 0. The van der Waals surface area contributed by atoms with E-state index in [1.54, 1.807) is 11.9 Å². The zero-order valence-corrected chi connectivity index (χ0v) is 13.6. The number of para-hydroxylation sites is 1. The van der Waals surface area contributed by atoms with Crippen LogP contribution in [0.15, 0.2) is 59.7 Å². The van der Waals surface area contributed by atoms with Crippen molar-refractivity contribution in [2.45, 2.75) is 0 Å². The van der Waals surface area contributed by atoms with Crippen molar-refractivity contribution >= 4 is 29.5 Å². The van der Waals surface area contributed by atoms with E-state index < -0.39 is 0 Å². The van der Waals surface area contributed by atoms with E-state index in [1.807, 2.05) is 54.6 Å². The third kappa shape index (κ3) is 2.17. The lowest BCUT2D eigenvalue weighted by Gasteiger charge is -2.07. The van der Waals surface area contributed by atoms with Gasteiger partial charge in [0.2, 0.25) is 4.77 Å². The van der Waals surface area contributed by atoms with Gasteiger partial charge >= 0.3 is 0 Å². The lowest BCUT2D eigenvalue weighted by atomic mass is 10.1. The third-order valence-electron chi connectivity index (χ3n) is 3.91. The molecule has 0 bridgehead atoms. The van der Waals surface area contributed by atoms with Gasteiger partial charge in [-0.25, -0.2) is 5.10 Å². The highest BCUT2D eigenvalue weighted by atomic mass is 32.1. The van der Waals surface area contributed by atoms with Crippen LogP contribution in [0, 0.1) is 4.77 Å². The standard InChI is InChI=1S/C17H13N5OS/c1-21-13-10-6-5-9-12(13)14(16(21)23)20-22-15(18-19-17(22)24)11-7-3-2-4-8-11/h2-10H,1H3,(H,19,24). The Balaban J connectivity index is 1.91. The molecule has 1 aliphatic rings. The highest BCUT2D eigenvalue weighted by Crippen LogP contribution is 2.28. The number of fused-ring (bicyclic) bond motifs is 1. The number of anilines is 1. The molecule has 0 fully saturated rings. The van der Waals surface area contributed by atoms with Gasteiger partial charge in [0.05, 0.1) is 5.69 Å². The van der Waals surface area contributed by atoms with Crippen molar-refractivity contribution in [3.63, 3.8) is 0 Å². The van der Waals surface area contributed by atoms with Crippen LogP contribution in [0.2, 0.25) is 0 Å². The molecule has 118 valence electrons. The Morgan fingerprint density at radius 3 is 2.58 bits per heavy atom. The lowest BCUT2D eigenvalue weighted by molar-refractivity contribution is -0.112. The molecule has 0 unspecified atom stereocenters. The summed E-state index contributed by atoms with van der Waals surface area (Å²) in [6.45, 7) is 0. The topological polar surface area (TPSA) is 66.3 Å². The molecule has 1 aliphatic heterocycles. The van der Waals surface area contributed by atoms with Gasteiger partial charge in [-0.05, 0) is 18.3 Å². The number of amides is 1. The van der Waals surface area contributed by atoms with Crippen LogP contribution in [-0.4, -0.2) is 33.5 Å². The average molecular weight is 335 g/mol. The van der Waals surface area contributed by atoms with Gasteiger partial charge in [-0.3, -0.25) is 4.79 Å². The molecule has 3 aromatic rings. The van der Waals surface area contributed by atoms with Gasteiger partial charge in [0.1, 0.15) is 0 Å². The van der Waals surface area contributed by atoms with Crippen LogP contribution in [-0.2, 0) is 4.79 Å². The number of aromatic nitrogens is 3. The molecule has 2 aromatic carbocycles. The summed E-state index contributed by atoms with van der Waals surface area (Å²) in [5, 5.41) is 11.5. The molecule has 1 N–H and O–H groups in total. The number of aromatic amines is 1. The first-order chi connectivity index (χ1) is 11.7. The smallest absolute Gasteiger partial charge is 0.279 e. The lowest BCUT2D eigenvalue weighted by Crippen LogP contribution is -2.26. The number of H-pyrrole nitrogens is 1. The normalized spacial score (nSPS) is 15.1. The Kier molecular flexibility index (Phi) is 3.35. The van der Waals surface area contributed by atoms with E-state index in [0.717, 1.165) is 16.8 Å². The number of nitrogens with zero attached hydrogens (tertiary/aromatic N) is 4. The number of rotatable bonds is 2. The van der Waals surface area contributed by atoms with Crippen molar-refractivity contribution in [3.8, 4) is 11.4 Å². The largest absolute Gasteiger partial charge is 0.309 e. The van der Waals surface area contributed by atoms with Gasteiger partial charge < -0.3 is 4.90 Å². The van der Waals surface area contributed by atoms with Gasteiger partial charge in [-0.15, -0.1) is 0 Å². The van der Waals surface area contributed by atoms with Gasteiger partial charge in [0.15, 0.2) is 11.5 Å². The Hall–Kier alpha value is -3.06. The van der Waals surface area contributed by atoms with Crippen molar-refractivity contribution in [1.29, 1.82) is 0 Å². The van der Waals surface area contributed by atoms with E-state index in [4.69, 9.17) is 12.2 Å². The molecule has 6 nitrogen and oxygen atoms in total. The molecule has 0 atom stereocenters. The Morgan fingerprint density at radius 1 is 1.08 bits per heavy atom. The number of nitrogens with one attached hydrogen (secondary N) is 1. The molecule has 0 saturated heterocycles. The summed E-state index contributed by atoms with van der Waals surface area (Å²) >= 11 is 5.29. The van der Waals surface area contributed by atoms with Crippen molar-refractivity contribution in [1.82, 2.24) is 14.9 Å². The zero-order chi connectivity index (χ0) is 16.7. The summed E-state index contributed by atoms with van der Waals surface area (Å²) in [7, 11) is 1.73. The minimum atomic E-state index is -0.168. The first-order valence-corrected chi connectivity index (χ1v) is 7.77. The monoisotopic (exact) mass is 335 g/mol. The van der Waals surface area contributed by atoms with Gasteiger partial charge in [-0.2, -0.15) is 14.9 Å². The number of likely N-dealkylation sites (N-methyl/N-ethyl adjacent to an activating group) is 1. The van der Waals surface area contributed by atoms with Crippen LogP contribution in [0.4, 0.5) is 5.69 Å². The summed E-state index contributed by atoms with van der Waals surface area (Å²) < 4.78 is 1.83. The molecular weight excluding hydrogens is 322 g/mol. The van der Waals surface area contributed by atoms with E-state index in [9.17, 15) is 4.79 Å². The molecule has 1 amide bonds. The Bertz CT molecular complexity index is 1020. The van der Waals surface area contributed by atoms with Crippen LogP contribution in [0.5, 0.6) is 0 Å². The average Bonchev–Trinajstić information content (AvgIpc) is 3.10. The van der Waals surface area contributed by atoms with Crippen LogP contribution in [0.25, 0.3) is 11.4 Å². The number of carbonyl (C=O) groups excluding carboxylic acids is 1. The number of benzene rings is 2. The first kappa shape index (κ1) is 14.5. The second-order valence-electron chi connectivity index (χ2n) is 5.36. The van der Waals surface area contributed by atoms with Crippen LogP contribution in [0.1, 0.15) is 5.56 Å². The Labute approximate surface area is 143 Å². The Morgan fingerprint density at radius 2 is 1.79 bits per heavy atom. The predicted octanol–water partition coefficient (Wildman–Crippen LogP) is 2.84. The summed E-state index contributed by atoms with van der Waals surface area (Å²) in [5.41, 5.74) is 2.83. The maximum atomic E-state index is 12.6. The minimum Gasteiger partial charge on any atom is -0.309 e. The fraction of sp³-hybridized carbons (Fsp3) is 0.0588. The van der Waals surface area contributed by atoms with Gasteiger partial charge in [-0.1, -0.05) is 48.5 Å². The van der Waals surface area contributed by atoms with Crippen molar-refractivity contribution in [2.24, 2.45) is 5.10 Å². The van der Waals surface area contributed by atoms with Crippen molar-refractivity contribution in [3.05, 3.63) is 64.9 Å². The number of carbonyl (C=O) groups is 1. The van der Waals surface area contributed by atoms with E-state index >= 15 is 0 Å². The molecule has 0 spiro atoms. The molecule has 0 saturated carbocycles. The first-order valence-electron chi connectivity index (χ1n) is 7.36. The molecule has 2 heterocycles. The molecule has 4 rings (SSSR count). The number of hydrogen-bond acceptors (Lipinski definition) is 4. The fourth-order valence-corrected chi connectivity index (χ4v) is 2.88. The highest BCUT2D eigenvalue weighted by molar-refractivity contribution is 7.71. The molecule has 0 radical (unpaired) electrons. The number of hydrogen-bond donors (Lipinski definition) is 1. The summed E-state index contributed by atoms with van der Waals surface area (Å²) in [4.78, 5) is 14.1. The summed E-state index contributed by atoms with van der Waals surface area (Å²) in [5.74, 6) is 0.395. The molecule has 1 aromatic heterocycles. The molecule has 7 heteroatoms. The van der Waals surface area contributed by atoms with E-state index in [0.29, 0.717) is 16.3 Å². The third-order valence-corrected chi connectivity index (χ3v) is 4.17. The molecular formula is C17H13N5OS. The second-order valence-corrected chi connectivity index (χ2v) is 5.75. The van der Waals surface area contributed by atoms with Crippen LogP contribution < -0.4 is 4.90 Å².